The van der Waals surface area contributed by atoms with Crippen molar-refractivity contribution in [3.8, 4) is 0 Å². The molecule has 0 fully saturated rings. The van der Waals surface area contributed by atoms with Crippen LogP contribution in [0.3, 0.4) is 0 Å². The van der Waals surface area contributed by atoms with Gasteiger partial charge >= 0.3 is 0 Å². The van der Waals surface area contributed by atoms with Crippen LogP contribution in [-0.4, -0.2) is 14.5 Å². The fourth-order valence-corrected chi connectivity index (χ4v) is 3.30. The number of rotatable bonds is 5. The highest BCUT2D eigenvalue weighted by atomic mass is 79.9. The van der Waals surface area contributed by atoms with Crippen molar-refractivity contribution in [1.82, 2.24) is 4.72 Å². The molecule has 96 valence electrons. The zero-order chi connectivity index (χ0) is 13.1. The Kier molecular flexibility index (Phi) is 5.16. The summed E-state index contributed by atoms with van der Waals surface area (Å²) in [5.41, 5.74) is 0. The molecule has 17 heavy (non-hydrogen) atoms. The molecule has 0 saturated carbocycles. The molecule has 0 heterocycles. The normalized spacial score (nSPS) is 13.9. The lowest BCUT2D eigenvalue weighted by Gasteiger charge is -2.20. The summed E-state index contributed by atoms with van der Waals surface area (Å²) in [4.78, 5) is 0.305. The molecule has 1 aromatic rings. The van der Waals surface area contributed by atoms with Crippen molar-refractivity contribution in [2.45, 2.75) is 38.1 Å². The molecule has 0 radical (unpaired) electrons. The minimum Gasteiger partial charge on any atom is -0.208 e. The highest BCUT2D eigenvalue weighted by Crippen LogP contribution is 2.16. The van der Waals surface area contributed by atoms with Crippen molar-refractivity contribution in [2.75, 3.05) is 0 Å². The third-order valence-corrected chi connectivity index (χ3v) is 4.71. The van der Waals surface area contributed by atoms with Crippen molar-refractivity contribution in [1.29, 1.82) is 0 Å². The molecule has 1 aromatic carbocycles. The van der Waals surface area contributed by atoms with Gasteiger partial charge in [-0.05, 0) is 36.6 Å². The average molecular weight is 320 g/mol. The molecule has 0 bridgehead atoms. The van der Waals surface area contributed by atoms with Crippen molar-refractivity contribution in [3.05, 3.63) is 28.7 Å². The van der Waals surface area contributed by atoms with E-state index in [1.165, 1.54) is 0 Å². The fraction of sp³-hybridized carbons (Fsp3) is 0.500. The Morgan fingerprint density at radius 3 is 2.18 bits per heavy atom. The Morgan fingerprint density at radius 2 is 1.76 bits per heavy atom. The van der Waals surface area contributed by atoms with Gasteiger partial charge in [-0.3, -0.25) is 0 Å². The molecule has 0 aliphatic heterocycles. The summed E-state index contributed by atoms with van der Waals surface area (Å²) in [5, 5.41) is 0. The highest BCUT2D eigenvalue weighted by molar-refractivity contribution is 9.10. The second-order valence-electron chi connectivity index (χ2n) is 4.33. The van der Waals surface area contributed by atoms with E-state index in [0.717, 1.165) is 10.9 Å². The Labute approximate surface area is 112 Å². The van der Waals surface area contributed by atoms with Gasteiger partial charge in [0.1, 0.15) is 0 Å². The Hall–Kier alpha value is -0.390. The first-order chi connectivity index (χ1) is 7.86. The van der Waals surface area contributed by atoms with Crippen LogP contribution in [0.2, 0.25) is 0 Å². The number of sulfonamides is 1. The van der Waals surface area contributed by atoms with Crippen LogP contribution in [0.5, 0.6) is 0 Å². The zero-order valence-electron chi connectivity index (χ0n) is 10.3. The lowest BCUT2D eigenvalue weighted by atomic mass is 10.0. The first kappa shape index (κ1) is 14.7. The molecular formula is C12H18BrNO2S. The SMILES string of the molecule is CCC(NS(=O)(=O)c1ccc(Br)cc1)C(C)C. The van der Waals surface area contributed by atoms with Gasteiger partial charge in [0.15, 0.2) is 0 Å². The van der Waals surface area contributed by atoms with Crippen LogP contribution in [0, 0.1) is 5.92 Å². The number of hydrogen-bond acceptors (Lipinski definition) is 2. The molecule has 0 saturated heterocycles. The van der Waals surface area contributed by atoms with Crippen LogP contribution in [0.1, 0.15) is 27.2 Å². The van der Waals surface area contributed by atoms with Gasteiger partial charge in [-0.2, -0.15) is 0 Å². The molecule has 0 aliphatic carbocycles. The minimum atomic E-state index is -3.40. The highest BCUT2D eigenvalue weighted by Gasteiger charge is 2.20. The van der Waals surface area contributed by atoms with E-state index in [1.807, 2.05) is 20.8 Å². The summed E-state index contributed by atoms with van der Waals surface area (Å²) in [6.07, 6.45) is 0.785. The molecule has 0 aromatic heterocycles. The minimum absolute atomic E-state index is 0.0244. The lowest BCUT2D eigenvalue weighted by Crippen LogP contribution is -2.37. The van der Waals surface area contributed by atoms with E-state index in [4.69, 9.17) is 0 Å². The Bertz CT molecular complexity index is 454. The summed E-state index contributed by atoms with van der Waals surface area (Å²) < 4.78 is 27.8. The quantitative estimate of drug-likeness (QED) is 0.906. The van der Waals surface area contributed by atoms with Gasteiger partial charge in [0.2, 0.25) is 10.0 Å². The fourth-order valence-electron chi connectivity index (χ4n) is 1.57. The summed E-state index contributed by atoms with van der Waals surface area (Å²) in [5.74, 6) is 0.283. The average Bonchev–Trinajstić information content (AvgIpc) is 2.26. The molecule has 0 spiro atoms. The molecule has 1 atom stereocenters. The van der Waals surface area contributed by atoms with E-state index >= 15 is 0 Å². The van der Waals surface area contributed by atoms with Gasteiger partial charge in [0.05, 0.1) is 4.90 Å². The molecule has 3 nitrogen and oxygen atoms in total. The van der Waals surface area contributed by atoms with E-state index in [-0.39, 0.29) is 12.0 Å². The summed E-state index contributed by atoms with van der Waals surface area (Å²) in [6.45, 7) is 6.01. The van der Waals surface area contributed by atoms with Crippen molar-refractivity contribution >= 4 is 26.0 Å². The zero-order valence-corrected chi connectivity index (χ0v) is 12.7. The first-order valence-electron chi connectivity index (χ1n) is 5.64. The van der Waals surface area contributed by atoms with E-state index in [9.17, 15) is 8.42 Å². The van der Waals surface area contributed by atoms with E-state index in [2.05, 4.69) is 20.7 Å². The maximum Gasteiger partial charge on any atom is 0.240 e. The topological polar surface area (TPSA) is 46.2 Å². The van der Waals surface area contributed by atoms with E-state index in [0.29, 0.717) is 4.90 Å². The second kappa shape index (κ2) is 5.98. The van der Waals surface area contributed by atoms with Gasteiger partial charge in [0, 0.05) is 10.5 Å². The second-order valence-corrected chi connectivity index (χ2v) is 6.96. The molecule has 1 unspecified atom stereocenters. The summed E-state index contributed by atoms with van der Waals surface area (Å²) in [7, 11) is -3.40. The number of benzene rings is 1. The largest absolute Gasteiger partial charge is 0.240 e. The third kappa shape index (κ3) is 4.08. The predicted octanol–water partition coefficient (Wildman–Crippen LogP) is 3.16. The van der Waals surface area contributed by atoms with Crippen LogP contribution in [0.15, 0.2) is 33.6 Å². The van der Waals surface area contributed by atoms with Crippen LogP contribution in [0.4, 0.5) is 0 Å². The molecule has 1 N–H and O–H groups in total. The maximum atomic E-state index is 12.1. The molecule has 1 rings (SSSR count). The third-order valence-electron chi connectivity index (χ3n) is 2.68. The van der Waals surface area contributed by atoms with Crippen LogP contribution in [0.25, 0.3) is 0 Å². The number of halogens is 1. The molecule has 0 amide bonds. The van der Waals surface area contributed by atoms with Gasteiger partial charge in [-0.15, -0.1) is 0 Å². The van der Waals surface area contributed by atoms with E-state index < -0.39 is 10.0 Å². The van der Waals surface area contributed by atoms with Crippen LogP contribution < -0.4 is 4.72 Å². The van der Waals surface area contributed by atoms with Gasteiger partial charge in [-0.25, -0.2) is 13.1 Å². The van der Waals surface area contributed by atoms with Crippen LogP contribution >= 0.6 is 15.9 Å². The number of nitrogens with one attached hydrogen (secondary N) is 1. The van der Waals surface area contributed by atoms with Gasteiger partial charge in [0.25, 0.3) is 0 Å². The Morgan fingerprint density at radius 1 is 1.24 bits per heavy atom. The predicted molar refractivity (Wildman–Crippen MR) is 73.4 cm³/mol. The van der Waals surface area contributed by atoms with Crippen LogP contribution in [-0.2, 0) is 10.0 Å². The lowest BCUT2D eigenvalue weighted by molar-refractivity contribution is 0.437. The van der Waals surface area contributed by atoms with Crippen molar-refractivity contribution in [2.24, 2.45) is 5.92 Å². The molecule has 5 heteroatoms. The smallest absolute Gasteiger partial charge is 0.208 e. The van der Waals surface area contributed by atoms with Crippen molar-refractivity contribution in [3.63, 3.8) is 0 Å². The van der Waals surface area contributed by atoms with Gasteiger partial charge < -0.3 is 0 Å². The maximum absolute atomic E-state index is 12.1. The Balaban J connectivity index is 2.92. The van der Waals surface area contributed by atoms with Gasteiger partial charge in [-0.1, -0.05) is 36.7 Å². The first-order valence-corrected chi connectivity index (χ1v) is 7.92. The summed E-state index contributed by atoms with van der Waals surface area (Å²) >= 11 is 3.28. The van der Waals surface area contributed by atoms with Crippen molar-refractivity contribution < 1.29 is 8.42 Å². The monoisotopic (exact) mass is 319 g/mol. The standard InChI is InChI=1S/C12H18BrNO2S/c1-4-12(9(2)3)14-17(15,16)11-7-5-10(13)6-8-11/h5-9,12,14H,4H2,1-3H3. The number of hydrogen-bond donors (Lipinski definition) is 1. The molecular weight excluding hydrogens is 302 g/mol. The molecule has 0 aliphatic rings. The summed E-state index contributed by atoms with van der Waals surface area (Å²) in [6, 6.07) is 6.62. The van der Waals surface area contributed by atoms with E-state index in [1.54, 1.807) is 24.3 Å².